The summed E-state index contributed by atoms with van der Waals surface area (Å²) < 4.78 is 23.4. The summed E-state index contributed by atoms with van der Waals surface area (Å²) in [6.07, 6.45) is 0. The zero-order valence-corrected chi connectivity index (χ0v) is 12.2. The summed E-state index contributed by atoms with van der Waals surface area (Å²) in [5.74, 6) is 0. The van der Waals surface area contributed by atoms with Gasteiger partial charge in [0.05, 0.1) is 11.4 Å². The Balaban J connectivity index is 2.34. The zero-order chi connectivity index (χ0) is 14.0. The number of anilines is 3. The number of halogens is 1. The number of nitrogens with two attached hydrogens (primary N) is 2. The molecule has 7 heteroatoms. The van der Waals surface area contributed by atoms with Crippen LogP contribution in [-0.4, -0.2) is 8.42 Å². The quantitative estimate of drug-likeness (QED) is 0.746. The summed E-state index contributed by atoms with van der Waals surface area (Å²) in [6, 6.07) is 12.1. The maximum absolute atomic E-state index is 11.2. The normalized spacial score (nSPS) is 11.3. The Morgan fingerprint density at radius 3 is 2.37 bits per heavy atom. The molecule has 0 spiro atoms. The fourth-order valence-electron chi connectivity index (χ4n) is 1.60. The fourth-order valence-corrected chi connectivity index (χ4v) is 2.63. The lowest BCUT2D eigenvalue weighted by Crippen LogP contribution is -2.14. The number of sulfonamides is 1. The molecule has 2 rings (SSSR count). The van der Waals surface area contributed by atoms with E-state index in [1.54, 1.807) is 6.07 Å². The average molecular weight is 342 g/mol. The first-order chi connectivity index (χ1) is 8.88. The monoisotopic (exact) mass is 341 g/mol. The molecule has 0 unspecified atom stereocenters. The van der Waals surface area contributed by atoms with Gasteiger partial charge in [0.2, 0.25) is 10.0 Å². The van der Waals surface area contributed by atoms with Gasteiger partial charge in [-0.1, -0.05) is 12.1 Å². The minimum atomic E-state index is -3.79. The Morgan fingerprint density at radius 2 is 1.79 bits per heavy atom. The molecule has 100 valence electrons. The summed E-state index contributed by atoms with van der Waals surface area (Å²) in [6.45, 7) is 0. The second-order valence-electron chi connectivity index (χ2n) is 3.90. The standard InChI is InChI=1S/C12H12BrN3O2S/c13-9-3-1-2-4-11(9)16-8-5-6-12(10(14)7-8)19(15,17)18/h1-7,16H,14H2,(H2,15,17,18). The van der Waals surface area contributed by atoms with E-state index in [4.69, 9.17) is 10.9 Å². The van der Waals surface area contributed by atoms with Crippen LogP contribution in [0.1, 0.15) is 0 Å². The minimum absolute atomic E-state index is 0.0785. The van der Waals surface area contributed by atoms with Gasteiger partial charge in [0.1, 0.15) is 4.90 Å². The highest BCUT2D eigenvalue weighted by atomic mass is 79.9. The highest BCUT2D eigenvalue weighted by Crippen LogP contribution is 2.28. The van der Waals surface area contributed by atoms with Crippen molar-refractivity contribution in [1.82, 2.24) is 0 Å². The maximum Gasteiger partial charge on any atom is 0.240 e. The topological polar surface area (TPSA) is 98.2 Å². The van der Waals surface area contributed by atoms with E-state index >= 15 is 0 Å². The van der Waals surface area contributed by atoms with Crippen LogP contribution in [0, 0.1) is 0 Å². The van der Waals surface area contributed by atoms with Gasteiger partial charge in [0.25, 0.3) is 0 Å². The molecule has 5 N–H and O–H groups in total. The van der Waals surface area contributed by atoms with Crippen molar-refractivity contribution in [2.75, 3.05) is 11.1 Å². The predicted molar refractivity (Wildman–Crippen MR) is 79.7 cm³/mol. The number of hydrogen-bond acceptors (Lipinski definition) is 4. The molecule has 2 aromatic rings. The van der Waals surface area contributed by atoms with Gasteiger partial charge in [-0.15, -0.1) is 0 Å². The van der Waals surface area contributed by atoms with E-state index in [1.165, 1.54) is 12.1 Å². The molecule has 0 fully saturated rings. The third kappa shape index (κ3) is 3.25. The van der Waals surface area contributed by atoms with Crippen LogP contribution in [0.15, 0.2) is 51.8 Å². The Morgan fingerprint density at radius 1 is 1.11 bits per heavy atom. The number of rotatable bonds is 3. The molecule has 0 aromatic heterocycles. The van der Waals surface area contributed by atoms with E-state index in [-0.39, 0.29) is 10.6 Å². The smallest absolute Gasteiger partial charge is 0.240 e. The van der Waals surface area contributed by atoms with E-state index in [9.17, 15) is 8.42 Å². The summed E-state index contributed by atoms with van der Waals surface area (Å²) in [5.41, 5.74) is 7.33. The molecule has 0 saturated heterocycles. The molecular weight excluding hydrogens is 330 g/mol. The molecular formula is C12H12BrN3O2S. The Bertz CT molecular complexity index is 717. The number of hydrogen-bond donors (Lipinski definition) is 3. The summed E-state index contributed by atoms with van der Waals surface area (Å²) in [4.78, 5) is -0.0785. The average Bonchev–Trinajstić information content (AvgIpc) is 2.30. The molecule has 0 aliphatic rings. The maximum atomic E-state index is 11.2. The van der Waals surface area contributed by atoms with Crippen molar-refractivity contribution in [3.8, 4) is 0 Å². The van der Waals surface area contributed by atoms with Crippen molar-refractivity contribution >= 4 is 43.0 Å². The molecule has 0 radical (unpaired) electrons. The second kappa shape index (κ2) is 5.20. The first-order valence-electron chi connectivity index (χ1n) is 5.32. The van der Waals surface area contributed by atoms with Crippen LogP contribution in [0.25, 0.3) is 0 Å². The van der Waals surface area contributed by atoms with Crippen LogP contribution >= 0.6 is 15.9 Å². The van der Waals surface area contributed by atoms with Crippen LogP contribution in [0.2, 0.25) is 0 Å². The number of primary sulfonamides is 1. The van der Waals surface area contributed by atoms with E-state index in [1.807, 2.05) is 24.3 Å². The third-order valence-corrected chi connectivity index (χ3v) is 4.15. The number of nitrogen functional groups attached to an aromatic ring is 1. The predicted octanol–water partition coefficient (Wildman–Crippen LogP) is 2.42. The number of para-hydroxylation sites is 1. The minimum Gasteiger partial charge on any atom is -0.398 e. The van der Waals surface area contributed by atoms with E-state index in [2.05, 4.69) is 21.2 Å². The first-order valence-corrected chi connectivity index (χ1v) is 7.66. The van der Waals surface area contributed by atoms with Crippen LogP contribution < -0.4 is 16.2 Å². The third-order valence-electron chi connectivity index (χ3n) is 2.47. The van der Waals surface area contributed by atoms with Gasteiger partial charge >= 0.3 is 0 Å². The molecule has 0 aliphatic carbocycles. The second-order valence-corrected chi connectivity index (χ2v) is 6.29. The summed E-state index contributed by atoms with van der Waals surface area (Å²) in [5, 5.41) is 8.18. The first kappa shape index (κ1) is 13.9. The zero-order valence-electron chi connectivity index (χ0n) is 9.80. The van der Waals surface area contributed by atoms with Crippen molar-refractivity contribution in [3.63, 3.8) is 0 Å². The number of benzene rings is 2. The van der Waals surface area contributed by atoms with Gasteiger partial charge in [-0.05, 0) is 46.3 Å². The molecule has 0 heterocycles. The van der Waals surface area contributed by atoms with Crippen molar-refractivity contribution in [1.29, 1.82) is 0 Å². The number of nitrogens with one attached hydrogen (secondary N) is 1. The van der Waals surface area contributed by atoms with Crippen LogP contribution in [0.5, 0.6) is 0 Å². The van der Waals surface area contributed by atoms with E-state index in [0.717, 1.165) is 10.2 Å². The Labute approximate surface area is 119 Å². The Hall–Kier alpha value is -1.57. The highest BCUT2D eigenvalue weighted by Gasteiger charge is 2.12. The molecule has 5 nitrogen and oxygen atoms in total. The van der Waals surface area contributed by atoms with Crippen LogP contribution in [0.4, 0.5) is 17.1 Å². The summed E-state index contributed by atoms with van der Waals surface area (Å²) in [7, 11) is -3.79. The lowest BCUT2D eigenvalue weighted by Gasteiger charge is -2.10. The van der Waals surface area contributed by atoms with E-state index in [0.29, 0.717) is 5.69 Å². The van der Waals surface area contributed by atoms with E-state index < -0.39 is 10.0 Å². The lowest BCUT2D eigenvalue weighted by atomic mass is 10.2. The molecule has 0 atom stereocenters. The molecule has 19 heavy (non-hydrogen) atoms. The molecule has 0 saturated carbocycles. The fraction of sp³-hybridized carbons (Fsp3) is 0. The van der Waals surface area contributed by atoms with Crippen molar-refractivity contribution in [2.45, 2.75) is 4.90 Å². The van der Waals surface area contributed by atoms with Gasteiger partial charge in [0, 0.05) is 10.2 Å². The van der Waals surface area contributed by atoms with Crippen molar-refractivity contribution in [2.24, 2.45) is 5.14 Å². The van der Waals surface area contributed by atoms with Crippen molar-refractivity contribution < 1.29 is 8.42 Å². The SMILES string of the molecule is Nc1cc(Nc2ccccc2Br)ccc1S(N)(=O)=O. The van der Waals surface area contributed by atoms with Crippen molar-refractivity contribution in [3.05, 3.63) is 46.9 Å². The van der Waals surface area contributed by atoms with Crippen LogP contribution in [-0.2, 0) is 10.0 Å². The molecule has 2 aromatic carbocycles. The molecule has 0 amide bonds. The van der Waals surface area contributed by atoms with Crippen LogP contribution in [0.3, 0.4) is 0 Å². The van der Waals surface area contributed by atoms with Gasteiger partial charge in [-0.3, -0.25) is 0 Å². The highest BCUT2D eigenvalue weighted by molar-refractivity contribution is 9.10. The molecule has 0 bridgehead atoms. The summed E-state index contributed by atoms with van der Waals surface area (Å²) >= 11 is 3.41. The Kier molecular flexibility index (Phi) is 3.79. The van der Waals surface area contributed by atoms with Gasteiger partial charge in [0.15, 0.2) is 0 Å². The lowest BCUT2D eigenvalue weighted by molar-refractivity contribution is 0.598. The largest absolute Gasteiger partial charge is 0.398 e. The van der Waals surface area contributed by atoms with Gasteiger partial charge in [-0.25, -0.2) is 13.6 Å². The van der Waals surface area contributed by atoms with Gasteiger partial charge in [-0.2, -0.15) is 0 Å². The molecule has 0 aliphatic heterocycles. The van der Waals surface area contributed by atoms with Gasteiger partial charge < -0.3 is 11.1 Å².